The van der Waals surface area contributed by atoms with E-state index in [0.29, 0.717) is 0 Å². The van der Waals surface area contributed by atoms with Crippen molar-refractivity contribution in [2.75, 3.05) is 0 Å². The quantitative estimate of drug-likeness (QED) is 0.556. The van der Waals surface area contributed by atoms with E-state index in [1.807, 2.05) is 6.08 Å². The van der Waals surface area contributed by atoms with E-state index in [2.05, 4.69) is 13.8 Å². The van der Waals surface area contributed by atoms with Crippen molar-refractivity contribution in [1.29, 1.82) is 0 Å². The van der Waals surface area contributed by atoms with Gasteiger partial charge in [0.2, 0.25) is 0 Å². The van der Waals surface area contributed by atoms with Crippen molar-refractivity contribution in [2.24, 2.45) is 5.92 Å². The Morgan fingerprint density at radius 3 is 2.27 bits per heavy atom. The molecule has 1 nitrogen and oxygen atoms in total. The zero-order valence-electron chi connectivity index (χ0n) is 7.76. The molecule has 0 radical (unpaired) electrons. The fraction of sp³-hybridized carbons (Fsp3) is 0.700. The Morgan fingerprint density at radius 1 is 1.36 bits per heavy atom. The van der Waals surface area contributed by atoms with Gasteiger partial charge in [-0.1, -0.05) is 32.8 Å². The summed E-state index contributed by atoms with van der Waals surface area (Å²) in [6.07, 6.45) is 7.11. The predicted octanol–water partition coefficient (Wildman–Crippen LogP) is 2.96. The van der Waals surface area contributed by atoms with E-state index in [4.69, 9.17) is 0 Å². The van der Waals surface area contributed by atoms with E-state index in [9.17, 15) is 4.79 Å². The molecule has 0 rings (SSSR count). The van der Waals surface area contributed by atoms with Gasteiger partial charge in [0.05, 0.1) is 0 Å². The molecule has 0 aromatic heterocycles. The van der Waals surface area contributed by atoms with Crippen LogP contribution < -0.4 is 0 Å². The van der Waals surface area contributed by atoms with Crippen LogP contribution in [-0.2, 0) is 4.79 Å². The third kappa shape index (κ3) is 5.84. The molecule has 0 fully saturated rings. The molecule has 0 aromatic carbocycles. The van der Waals surface area contributed by atoms with Gasteiger partial charge in [0.1, 0.15) is 0 Å². The summed E-state index contributed by atoms with van der Waals surface area (Å²) in [4.78, 5) is 10.5. The Morgan fingerprint density at radius 2 is 1.91 bits per heavy atom. The molecule has 0 unspecified atom stereocenters. The standard InChI is InChI=1S/C10H18O/c1-4-10(5-2)8-6-7-9(3)11/h6-7,10H,4-5,8H2,1-3H3/b7-6+. The van der Waals surface area contributed by atoms with Crippen LogP contribution in [0.15, 0.2) is 12.2 Å². The van der Waals surface area contributed by atoms with Crippen molar-refractivity contribution in [1.82, 2.24) is 0 Å². The van der Waals surface area contributed by atoms with E-state index in [1.165, 1.54) is 12.8 Å². The maximum absolute atomic E-state index is 10.5. The number of carbonyl (C=O) groups excluding carboxylic acids is 1. The SMILES string of the molecule is CCC(CC)C/C=C/C(C)=O. The minimum atomic E-state index is 0.149. The van der Waals surface area contributed by atoms with E-state index >= 15 is 0 Å². The highest BCUT2D eigenvalue weighted by Gasteiger charge is 1.98. The molecule has 0 spiro atoms. The van der Waals surface area contributed by atoms with E-state index < -0.39 is 0 Å². The Kier molecular flexibility index (Phi) is 5.81. The predicted molar refractivity (Wildman–Crippen MR) is 48.5 cm³/mol. The summed E-state index contributed by atoms with van der Waals surface area (Å²) in [5.41, 5.74) is 0. The summed E-state index contributed by atoms with van der Waals surface area (Å²) in [7, 11) is 0. The summed E-state index contributed by atoms with van der Waals surface area (Å²) >= 11 is 0. The van der Waals surface area contributed by atoms with Gasteiger partial charge in [0.15, 0.2) is 5.78 Å². The first-order valence-electron chi connectivity index (χ1n) is 4.37. The molecule has 0 bridgehead atoms. The average molecular weight is 154 g/mol. The fourth-order valence-electron chi connectivity index (χ4n) is 1.05. The molecule has 0 aliphatic carbocycles. The molecule has 0 aromatic rings. The third-order valence-corrected chi connectivity index (χ3v) is 1.98. The Labute approximate surface area is 69.5 Å². The first-order chi connectivity index (χ1) is 5.20. The Balaban J connectivity index is 3.57. The van der Waals surface area contributed by atoms with Gasteiger partial charge in [0, 0.05) is 0 Å². The van der Waals surface area contributed by atoms with Crippen molar-refractivity contribution < 1.29 is 4.79 Å². The van der Waals surface area contributed by atoms with Gasteiger partial charge in [0.25, 0.3) is 0 Å². The lowest BCUT2D eigenvalue weighted by molar-refractivity contribution is -0.112. The van der Waals surface area contributed by atoms with Crippen molar-refractivity contribution in [3.8, 4) is 0 Å². The van der Waals surface area contributed by atoms with Crippen LogP contribution in [0.4, 0.5) is 0 Å². The molecule has 0 N–H and O–H groups in total. The van der Waals surface area contributed by atoms with Crippen molar-refractivity contribution in [3.05, 3.63) is 12.2 Å². The molecule has 64 valence electrons. The van der Waals surface area contributed by atoms with Crippen LogP contribution >= 0.6 is 0 Å². The lowest BCUT2D eigenvalue weighted by Crippen LogP contribution is -1.94. The summed E-state index contributed by atoms with van der Waals surface area (Å²) in [6, 6.07) is 0. The van der Waals surface area contributed by atoms with Crippen LogP contribution in [0.5, 0.6) is 0 Å². The van der Waals surface area contributed by atoms with Crippen LogP contribution in [0.3, 0.4) is 0 Å². The van der Waals surface area contributed by atoms with Crippen LogP contribution in [-0.4, -0.2) is 5.78 Å². The second-order valence-electron chi connectivity index (χ2n) is 2.93. The largest absolute Gasteiger partial charge is 0.295 e. The van der Waals surface area contributed by atoms with Gasteiger partial charge in [-0.3, -0.25) is 4.79 Å². The second kappa shape index (κ2) is 6.14. The summed E-state index contributed by atoms with van der Waals surface area (Å²) in [5.74, 6) is 0.904. The molecular weight excluding hydrogens is 136 g/mol. The number of carbonyl (C=O) groups is 1. The number of rotatable bonds is 5. The number of hydrogen-bond acceptors (Lipinski definition) is 1. The number of ketones is 1. The van der Waals surface area contributed by atoms with Gasteiger partial charge in [-0.25, -0.2) is 0 Å². The first-order valence-corrected chi connectivity index (χ1v) is 4.37. The minimum absolute atomic E-state index is 0.149. The first kappa shape index (κ1) is 10.4. The maximum Gasteiger partial charge on any atom is 0.152 e. The molecule has 11 heavy (non-hydrogen) atoms. The number of allylic oxidation sites excluding steroid dienone is 2. The molecule has 0 heterocycles. The zero-order chi connectivity index (χ0) is 8.69. The number of hydrogen-bond donors (Lipinski definition) is 0. The van der Waals surface area contributed by atoms with Crippen LogP contribution in [0, 0.1) is 5.92 Å². The molecule has 0 saturated heterocycles. The Hall–Kier alpha value is -0.590. The summed E-state index contributed by atoms with van der Waals surface area (Å²) in [5, 5.41) is 0. The molecule has 0 amide bonds. The Bertz CT molecular complexity index is 132. The highest BCUT2D eigenvalue weighted by atomic mass is 16.1. The third-order valence-electron chi connectivity index (χ3n) is 1.98. The smallest absolute Gasteiger partial charge is 0.152 e. The second-order valence-corrected chi connectivity index (χ2v) is 2.93. The van der Waals surface area contributed by atoms with Gasteiger partial charge in [-0.15, -0.1) is 0 Å². The highest BCUT2D eigenvalue weighted by molar-refractivity contribution is 5.87. The minimum Gasteiger partial charge on any atom is -0.295 e. The zero-order valence-corrected chi connectivity index (χ0v) is 7.76. The van der Waals surface area contributed by atoms with Crippen LogP contribution in [0.1, 0.15) is 40.0 Å². The summed E-state index contributed by atoms with van der Waals surface area (Å²) in [6.45, 7) is 5.97. The average Bonchev–Trinajstić information content (AvgIpc) is 1.98. The lowest BCUT2D eigenvalue weighted by atomic mass is 9.99. The van der Waals surface area contributed by atoms with E-state index in [1.54, 1.807) is 13.0 Å². The molecule has 0 saturated carbocycles. The summed E-state index contributed by atoms with van der Waals surface area (Å²) < 4.78 is 0. The topological polar surface area (TPSA) is 17.1 Å². The normalized spacial score (nSPS) is 11.3. The van der Waals surface area contributed by atoms with E-state index in [0.717, 1.165) is 12.3 Å². The monoisotopic (exact) mass is 154 g/mol. The lowest BCUT2D eigenvalue weighted by Gasteiger charge is -2.07. The highest BCUT2D eigenvalue weighted by Crippen LogP contribution is 2.12. The maximum atomic E-state index is 10.5. The van der Waals surface area contributed by atoms with Crippen LogP contribution in [0.25, 0.3) is 0 Å². The molecule has 0 atom stereocenters. The van der Waals surface area contributed by atoms with Crippen LogP contribution in [0.2, 0.25) is 0 Å². The van der Waals surface area contributed by atoms with Crippen molar-refractivity contribution >= 4 is 5.78 Å². The molecule has 0 aliphatic heterocycles. The van der Waals surface area contributed by atoms with Crippen molar-refractivity contribution in [3.63, 3.8) is 0 Å². The van der Waals surface area contributed by atoms with Gasteiger partial charge >= 0.3 is 0 Å². The van der Waals surface area contributed by atoms with Gasteiger partial charge in [-0.2, -0.15) is 0 Å². The molecule has 0 aliphatic rings. The molecule has 1 heteroatoms. The van der Waals surface area contributed by atoms with Gasteiger partial charge in [-0.05, 0) is 25.3 Å². The van der Waals surface area contributed by atoms with E-state index in [-0.39, 0.29) is 5.78 Å². The fourth-order valence-corrected chi connectivity index (χ4v) is 1.05. The van der Waals surface area contributed by atoms with Crippen molar-refractivity contribution in [2.45, 2.75) is 40.0 Å². The molecular formula is C10H18O. The van der Waals surface area contributed by atoms with Gasteiger partial charge < -0.3 is 0 Å².